The summed E-state index contributed by atoms with van der Waals surface area (Å²) in [6.45, 7) is 0. The Morgan fingerprint density at radius 2 is 2.16 bits per heavy atom. The summed E-state index contributed by atoms with van der Waals surface area (Å²) in [5, 5.41) is 25.2. The maximum Gasteiger partial charge on any atom is 0.259 e. The normalized spacial score (nSPS) is 11.6. The quantitative estimate of drug-likeness (QED) is 0.855. The number of amides is 1. The van der Waals surface area contributed by atoms with E-state index in [1.165, 1.54) is 10.9 Å². The van der Waals surface area contributed by atoms with Gasteiger partial charge in [-0.15, -0.1) is 0 Å². The molecule has 1 aromatic carbocycles. The lowest BCUT2D eigenvalue weighted by Gasteiger charge is -2.10. The number of nitrogens with one attached hydrogen (secondary N) is 1. The lowest BCUT2D eigenvalue weighted by Crippen LogP contribution is -2.21. The molecule has 1 heterocycles. The van der Waals surface area contributed by atoms with Crippen molar-refractivity contribution in [1.29, 1.82) is 5.26 Å². The van der Waals surface area contributed by atoms with Gasteiger partial charge in [0.2, 0.25) is 0 Å². The second-order valence-electron chi connectivity index (χ2n) is 3.98. The topological polar surface area (TPSA) is 90.9 Å². The molecule has 1 unspecified atom stereocenters. The molecule has 1 atom stereocenters. The molecule has 2 N–H and O–H groups in total. The minimum Gasteiger partial charge on any atom is -0.378 e. The second kappa shape index (κ2) is 5.33. The van der Waals surface area contributed by atoms with Gasteiger partial charge in [-0.2, -0.15) is 10.4 Å². The highest BCUT2D eigenvalue weighted by Gasteiger charge is 2.19. The van der Waals surface area contributed by atoms with Gasteiger partial charge < -0.3 is 10.4 Å². The fourth-order valence-electron chi connectivity index (χ4n) is 1.63. The summed E-state index contributed by atoms with van der Waals surface area (Å²) in [5.74, 6) is -0.480. The Morgan fingerprint density at radius 3 is 2.79 bits per heavy atom. The number of aromatic nitrogens is 2. The number of rotatable bonds is 3. The zero-order chi connectivity index (χ0) is 13.8. The molecule has 0 aliphatic rings. The molecule has 1 amide bonds. The smallest absolute Gasteiger partial charge is 0.259 e. The monoisotopic (exact) mass is 256 g/mol. The van der Waals surface area contributed by atoms with E-state index in [0.29, 0.717) is 5.56 Å². The molecule has 0 aliphatic heterocycles. The molecular weight excluding hydrogens is 244 g/mol. The minimum absolute atomic E-state index is 0.144. The van der Waals surface area contributed by atoms with Gasteiger partial charge in [-0.05, 0) is 5.56 Å². The molecule has 6 heteroatoms. The minimum atomic E-state index is -1.30. The Labute approximate surface area is 109 Å². The van der Waals surface area contributed by atoms with Crippen LogP contribution in [0.5, 0.6) is 0 Å². The summed E-state index contributed by atoms with van der Waals surface area (Å²) in [5.41, 5.74) is 0.727. The fraction of sp³-hybridized carbons (Fsp3) is 0.154. The van der Waals surface area contributed by atoms with E-state index in [2.05, 4.69) is 10.4 Å². The Morgan fingerprint density at radius 1 is 1.47 bits per heavy atom. The molecule has 0 bridgehead atoms. The Kier molecular flexibility index (Phi) is 3.59. The fourth-order valence-corrected chi connectivity index (χ4v) is 1.63. The molecule has 6 nitrogen and oxygen atoms in total. The number of hydrogen-bond donors (Lipinski definition) is 2. The average molecular weight is 256 g/mol. The number of nitrogens with zero attached hydrogens (tertiary/aromatic N) is 3. The molecule has 2 rings (SSSR count). The van der Waals surface area contributed by atoms with Crippen molar-refractivity contribution in [3.05, 3.63) is 47.7 Å². The largest absolute Gasteiger partial charge is 0.378 e. The van der Waals surface area contributed by atoms with Crippen LogP contribution in [0.1, 0.15) is 17.2 Å². The third kappa shape index (κ3) is 2.78. The van der Waals surface area contributed by atoms with Crippen LogP contribution in [0.4, 0.5) is 5.82 Å². The van der Waals surface area contributed by atoms with Gasteiger partial charge in [-0.3, -0.25) is 9.48 Å². The number of nitriles is 1. The van der Waals surface area contributed by atoms with Crippen LogP contribution in [0.15, 0.2) is 36.5 Å². The number of benzene rings is 1. The SMILES string of the molecule is Cn1cc(C#N)c(NC(=O)C(O)c2ccccc2)n1. The first-order chi connectivity index (χ1) is 9.11. The van der Waals surface area contributed by atoms with Crippen molar-refractivity contribution in [2.75, 3.05) is 5.32 Å². The summed E-state index contributed by atoms with van der Waals surface area (Å²) >= 11 is 0. The van der Waals surface area contributed by atoms with Crippen LogP contribution in [0, 0.1) is 11.3 Å². The molecule has 2 aromatic rings. The highest BCUT2D eigenvalue weighted by Crippen LogP contribution is 2.16. The standard InChI is InChI=1S/C13H12N4O2/c1-17-8-10(7-14)12(16-17)15-13(19)11(18)9-5-3-2-4-6-9/h2-6,8,11,18H,1H3,(H,15,16,19). The number of aliphatic hydroxyl groups excluding tert-OH is 1. The summed E-state index contributed by atoms with van der Waals surface area (Å²) in [4.78, 5) is 11.9. The van der Waals surface area contributed by atoms with Crippen LogP contribution < -0.4 is 5.32 Å². The Bertz CT molecular complexity index is 628. The lowest BCUT2D eigenvalue weighted by molar-refractivity contribution is -0.124. The van der Waals surface area contributed by atoms with E-state index in [1.54, 1.807) is 37.4 Å². The molecule has 1 aromatic heterocycles. The Hall–Kier alpha value is -2.65. The van der Waals surface area contributed by atoms with Crippen LogP contribution in [0.3, 0.4) is 0 Å². The van der Waals surface area contributed by atoms with E-state index in [0.717, 1.165) is 0 Å². The van der Waals surface area contributed by atoms with Crippen LogP contribution in [-0.2, 0) is 11.8 Å². The van der Waals surface area contributed by atoms with Crippen molar-refractivity contribution >= 4 is 11.7 Å². The number of aryl methyl sites for hydroxylation is 1. The molecule has 0 spiro atoms. The summed E-state index contributed by atoms with van der Waals surface area (Å²) in [6.07, 6.45) is 0.194. The molecule has 0 radical (unpaired) electrons. The highest BCUT2D eigenvalue weighted by molar-refractivity contribution is 5.94. The van der Waals surface area contributed by atoms with Crippen molar-refractivity contribution < 1.29 is 9.90 Å². The zero-order valence-corrected chi connectivity index (χ0v) is 10.2. The number of anilines is 1. The molecule has 0 fully saturated rings. The van der Waals surface area contributed by atoms with Gasteiger partial charge >= 0.3 is 0 Å². The number of hydrogen-bond acceptors (Lipinski definition) is 4. The lowest BCUT2D eigenvalue weighted by atomic mass is 10.1. The van der Waals surface area contributed by atoms with Crippen LogP contribution in [0.25, 0.3) is 0 Å². The first-order valence-corrected chi connectivity index (χ1v) is 5.59. The molecule has 0 saturated carbocycles. The molecule has 0 saturated heterocycles. The summed E-state index contributed by atoms with van der Waals surface area (Å²) in [6, 6.07) is 10.5. The highest BCUT2D eigenvalue weighted by atomic mass is 16.3. The van der Waals surface area contributed by atoms with Crippen molar-refractivity contribution in [3.63, 3.8) is 0 Å². The van der Waals surface area contributed by atoms with Crippen LogP contribution in [0.2, 0.25) is 0 Å². The van der Waals surface area contributed by atoms with Gasteiger partial charge in [-0.25, -0.2) is 0 Å². The Balaban J connectivity index is 2.15. The number of carbonyl (C=O) groups is 1. The summed E-state index contributed by atoms with van der Waals surface area (Å²) < 4.78 is 1.42. The molecule has 0 aliphatic carbocycles. The number of carbonyl (C=O) groups excluding carboxylic acids is 1. The van der Waals surface area contributed by atoms with Gasteiger partial charge in [0, 0.05) is 13.2 Å². The van der Waals surface area contributed by atoms with Crippen LogP contribution >= 0.6 is 0 Å². The molecule has 96 valence electrons. The zero-order valence-electron chi connectivity index (χ0n) is 10.2. The van der Waals surface area contributed by atoms with Crippen molar-refractivity contribution in [2.24, 2.45) is 7.05 Å². The summed E-state index contributed by atoms with van der Waals surface area (Å²) in [7, 11) is 1.64. The third-order valence-electron chi connectivity index (χ3n) is 2.55. The van der Waals surface area contributed by atoms with Crippen molar-refractivity contribution in [2.45, 2.75) is 6.10 Å². The van der Waals surface area contributed by atoms with Gasteiger partial charge in [0.15, 0.2) is 11.9 Å². The van der Waals surface area contributed by atoms with E-state index in [4.69, 9.17) is 5.26 Å². The van der Waals surface area contributed by atoms with Gasteiger partial charge in [0.1, 0.15) is 11.6 Å². The van der Waals surface area contributed by atoms with E-state index in [1.807, 2.05) is 6.07 Å². The van der Waals surface area contributed by atoms with Crippen molar-refractivity contribution in [1.82, 2.24) is 9.78 Å². The van der Waals surface area contributed by atoms with Gasteiger partial charge in [0.05, 0.1) is 0 Å². The maximum absolute atomic E-state index is 11.9. The second-order valence-corrected chi connectivity index (χ2v) is 3.98. The first kappa shape index (κ1) is 12.8. The van der Waals surface area contributed by atoms with E-state index in [-0.39, 0.29) is 11.4 Å². The third-order valence-corrected chi connectivity index (χ3v) is 2.55. The predicted octanol–water partition coefficient (Wildman–Crippen LogP) is 0.964. The van der Waals surface area contributed by atoms with Crippen LogP contribution in [-0.4, -0.2) is 20.8 Å². The van der Waals surface area contributed by atoms with E-state index >= 15 is 0 Å². The number of aliphatic hydroxyl groups is 1. The van der Waals surface area contributed by atoms with Gasteiger partial charge in [-0.1, -0.05) is 30.3 Å². The van der Waals surface area contributed by atoms with Crippen molar-refractivity contribution in [3.8, 4) is 6.07 Å². The molecule has 19 heavy (non-hydrogen) atoms. The average Bonchev–Trinajstić information content (AvgIpc) is 2.78. The van der Waals surface area contributed by atoms with Gasteiger partial charge in [0.25, 0.3) is 5.91 Å². The van der Waals surface area contributed by atoms with E-state index < -0.39 is 12.0 Å². The van der Waals surface area contributed by atoms with E-state index in [9.17, 15) is 9.90 Å². The molecular formula is C13H12N4O2. The first-order valence-electron chi connectivity index (χ1n) is 5.59. The maximum atomic E-state index is 11.9. The predicted molar refractivity (Wildman–Crippen MR) is 68.0 cm³/mol.